The number of piperazine rings is 1. The molecule has 0 saturated carbocycles. The summed E-state index contributed by atoms with van der Waals surface area (Å²) < 4.78 is 54.9. The molecule has 3 N–H and O–H groups in total. The summed E-state index contributed by atoms with van der Waals surface area (Å²) in [6.45, 7) is 7.53. The van der Waals surface area contributed by atoms with E-state index in [4.69, 9.17) is 9.47 Å². The first-order valence-electron chi connectivity index (χ1n) is 13.3. The summed E-state index contributed by atoms with van der Waals surface area (Å²) in [4.78, 5) is 38.6. The van der Waals surface area contributed by atoms with Crippen molar-refractivity contribution in [2.45, 2.75) is 13.1 Å². The fourth-order valence-corrected chi connectivity index (χ4v) is 4.64. The zero-order valence-corrected chi connectivity index (χ0v) is 25.0. The van der Waals surface area contributed by atoms with Crippen LogP contribution < -0.4 is 25.4 Å². The van der Waals surface area contributed by atoms with E-state index in [2.05, 4.69) is 41.8 Å². The molecule has 0 bridgehead atoms. The molecule has 1 aliphatic rings. The standard InChI is InChI=1S/C28H31F3N8O4S/c1-5-23(40)34-22-12-18(43-16-25(41)38-8-10-39(44-4)11-9-38)6-7-20(22)35-26-19(28(29,30)31)15-33-27(37-26)36-21-13-24(42-3)32-14-17(21)2/h5-7,12-15H,1,8-11,16H2,2-4H3,(H,34,40)(H2,32,33,35,36,37). The Bertz CT molecular complexity index is 1520. The molecule has 0 aliphatic carbocycles. The van der Waals surface area contributed by atoms with Crippen LogP contribution in [0.25, 0.3) is 0 Å². The minimum atomic E-state index is -4.80. The third kappa shape index (κ3) is 8.29. The summed E-state index contributed by atoms with van der Waals surface area (Å²) >= 11 is 1.62. The number of rotatable bonds is 11. The van der Waals surface area contributed by atoms with Gasteiger partial charge in [-0.1, -0.05) is 18.5 Å². The van der Waals surface area contributed by atoms with Gasteiger partial charge < -0.3 is 30.3 Å². The van der Waals surface area contributed by atoms with E-state index < -0.39 is 23.5 Å². The van der Waals surface area contributed by atoms with Gasteiger partial charge in [-0.15, -0.1) is 0 Å². The lowest BCUT2D eigenvalue weighted by atomic mass is 10.2. The highest BCUT2D eigenvalue weighted by atomic mass is 32.2. The number of hydrogen-bond acceptors (Lipinski definition) is 11. The number of benzene rings is 1. The first-order chi connectivity index (χ1) is 21.0. The van der Waals surface area contributed by atoms with Crippen LogP contribution >= 0.6 is 11.9 Å². The van der Waals surface area contributed by atoms with Gasteiger partial charge in [-0.05, 0) is 37.0 Å². The highest BCUT2D eigenvalue weighted by Gasteiger charge is 2.35. The first-order valence-corrected chi connectivity index (χ1v) is 14.4. The maximum absolute atomic E-state index is 14.0. The number of aryl methyl sites for hydroxylation is 1. The van der Waals surface area contributed by atoms with Crippen molar-refractivity contribution in [3.8, 4) is 11.6 Å². The summed E-state index contributed by atoms with van der Waals surface area (Å²) in [5.74, 6) is -1.03. The number of carbonyl (C=O) groups excluding carboxylic acids is 2. The van der Waals surface area contributed by atoms with Crippen LogP contribution in [0.2, 0.25) is 0 Å². The minimum absolute atomic E-state index is 0.0731. The molecular formula is C28H31F3N8O4S. The van der Waals surface area contributed by atoms with Gasteiger partial charge in [0.15, 0.2) is 6.61 Å². The van der Waals surface area contributed by atoms with Crippen LogP contribution in [0, 0.1) is 6.92 Å². The van der Waals surface area contributed by atoms with Crippen molar-refractivity contribution in [2.24, 2.45) is 0 Å². The fourth-order valence-electron chi connectivity index (χ4n) is 4.11. The van der Waals surface area contributed by atoms with Gasteiger partial charge in [-0.3, -0.25) is 9.59 Å². The molecule has 16 heteroatoms. The maximum Gasteiger partial charge on any atom is 0.421 e. The van der Waals surface area contributed by atoms with Gasteiger partial charge in [0.2, 0.25) is 17.7 Å². The lowest BCUT2D eigenvalue weighted by Gasteiger charge is -2.33. The van der Waals surface area contributed by atoms with Crippen LogP contribution in [0.1, 0.15) is 11.1 Å². The number of nitrogens with zero attached hydrogens (tertiary/aromatic N) is 5. The SMILES string of the molecule is C=CC(=O)Nc1cc(OCC(=O)N2CCN(SC)CC2)ccc1Nc1nc(Nc2cc(OC)ncc2C)ncc1C(F)(F)F. The van der Waals surface area contributed by atoms with Gasteiger partial charge in [0.1, 0.15) is 17.1 Å². The zero-order valence-electron chi connectivity index (χ0n) is 24.2. The van der Waals surface area contributed by atoms with Crippen molar-refractivity contribution >= 4 is 52.6 Å². The molecule has 2 aromatic heterocycles. The summed E-state index contributed by atoms with van der Waals surface area (Å²) in [7, 11) is 1.43. The Morgan fingerprint density at radius 2 is 1.82 bits per heavy atom. The van der Waals surface area contributed by atoms with Crippen LogP contribution in [-0.4, -0.2) is 82.1 Å². The first kappa shape index (κ1) is 32.3. The molecule has 0 spiro atoms. The molecule has 234 valence electrons. The normalized spacial score (nSPS) is 13.6. The van der Waals surface area contributed by atoms with Gasteiger partial charge in [-0.2, -0.15) is 18.2 Å². The second-order valence-electron chi connectivity index (χ2n) is 9.43. The van der Waals surface area contributed by atoms with E-state index in [9.17, 15) is 22.8 Å². The summed E-state index contributed by atoms with van der Waals surface area (Å²) in [6, 6.07) is 5.82. The third-order valence-corrected chi connectivity index (χ3v) is 7.41. The average molecular weight is 633 g/mol. The number of anilines is 5. The molecule has 1 aliphatic heterocycles. The minimum Gasteiger partial charge on any atom is -0.484 e. The number of hydrogen-bond donors (Lipinski definition) is 3. The Balaban J connectivity index is 1.58. The number of pyridine rings is 1. The van der Waals surface area contributed by atoms with Crippen LogP contribution in [-0.2, 0) is 15.8 Å². The van der Waals surface area contributed by atoms with Gasteiger partial charge in [0.25, 0.3) is 5.91 Å². The Kier molecular flexibility index (Phi) is 10.5. The van der Waals surface area contributed by atoms with Gasteiger partial charge in [0, 0.05) is 50.7 Å². The number of halogens is 3. The molecule has 1 saturated heterocycles. The number of ether oxygens (including phenoxy) is 2. The van der Waals surface area contributed by atoms with Gasteiger partial charge in [-0.25, -0.2) is 14.3 Å². The van der Waals surface area contributed by atoms with E-state index in [0.29, 0.717) is 30.5 Å². The topological polar surface area (TPSA) is 134 Å². The van der Waals surface area contributed by atoms with Crippen molar-refractivity contribution in [2.75, 3.05) is 62.1 Å². The predicted molar refractivity (Wildman–Crippen MR) is 162 cm³/mol. The smallest absolute Gasteiger partial charge is 0.421 e. The number of aromatic nitrogens is 3. The monoisotopic (exact) mass is 632 g/mol. The molecule has 0 unspecified atom stereocenters. The van der Waals surface area contributed by atoms with Crippen molar-refractivity contribution < 1.29 is 32.2 Å². The zero-order chi connectivity index (χ0) is 31.9. The Hall–Kier alpha value is -4.57. The second-order valence-corrected chi connectivity index (χ2v) is 10.3. The highest BCUT2D eigenvalue weighted by Crippen LogP contribution is 2.37. The molecule has 2 amide bonds. The van der Waals surface area contributed by atoms with E-state index in [-0.39, 0.29) is 41.5 Å². The summed E-state index contributed by atoms with van der Waals surface area (Å²) in [5.41, 5.74) is 0.159. The number of alkyl halides is 3. The summed E-state index contributed by atoms with van der Waals surface area (Å²) in [6.07, 6.45) is 0.366. The van der Waals surface area contributed by atoms with Crippen molar-refractivity contribution in [3.63, 3.8) is 0 Å². The van der Waals surface area contributed by atoms with Crippen molar-refractivity contribution in [1.29, 1.82) is 0 Å². The van der Waals surface area contributed by atoms with Gasteiger partial charge in [0.05, 0.1) is 24.2 Å². The molecular weight excluding hydrogens is 601 g/mol. The van der Waals surface area contributed by atoms with E-state index in [1.165, 1.54) is 31.5 Å². The Labute approximate surface area is 256 Å². The molecule has 3 aromatic rings. The van der Waals surface area contributed by atoms with Crippen molar-refractivity contribution in [3.05, 3.63) is 60.4 Å². The highest BCUT2D eigenvalue weighted by molar-refractivity contribution is 7.96. The lowest BCUT2D eigenvalue weighted by molar-refractivity contribution is -0.137. The number of nitrogens with one attached hydrogen (secondary N) is 3. The molecule has 44 heavy (non-hydrogen) atoms. The Morgan fingerprint density at radius 3 is 2.48 bits per heavy atom. The lowest BCUT2D eigenvalue weighted by Crippen LogP contribution is -2.47. The molecule has 0 atom stereocenters. The second kappa shape index (κ2) is 14.3. The molecule has 0 radical (unpaired) electrons. The average Bonchev–Trinajstić information content (AvgIpc) is 3.01. The van der Waals surface area contributed by atoms with E-state index in [1.54, 1.807) is 29.8 Å². The molecule has 3 heterocycles. The maximum atomic E-state index is 14.0. The van der Waals surface area contributed by atoms with Crippen molar-refractivity contribution in [1.82, 2.24) is 24.2 Å². The van der Waals surface area contributed by atoms with Crippen LogP contribution in [0.4, 0.5) is 42.0 Å². The van der Waals surface area contributed by atoms with Crippen LogP contribution in [0.5, 0.6) is 11.6 Å². The summed E-state index contributed by atoms with van der Waals surface area (Å²) in [5, 5.41) is 8.10. The fraction of sp³-hybridized carbons (Fsp3) is 0.321. The third-order valence-electron chi connectivity index (χ3n) is 6.53. The number of amides is 2. The van der Waals surface area contributed by atoms with E-state index >= 15 is 0 Å². The molecule has 4 rings (SSSR count). The number of carbonyl (C=O) groups is 2. The van der Waals surface area contributed by atoms with E-state index in [0.717, 1.165) is 19.2 Å². The largest absolute Gasteiger partial charge is 0.484 e. The van der Waals surface area contributed by atoms with Crippen LogP contribution in [0.3, 0.4) is 0 Å². The molecule has 1 aromatic carbocycles. The van der Waals surface area contributed by atoms with Gasteiger partial charge >= 0.3 is 6.18 Å². The van der Waals surface area contributed by atoms with E-state index in [1.807, 2.05) is 6.26 Å². The molecule has 12 nitrogen and oxygen atoms in total. The number of methoxy groups -OCH3 is 1. The Morgan fingerprint density at radius 1 is 1.07 bits per heavy atom. The van der Waals surface area contributed by atoms with Crippen LogP contribution in [0.15, 0.2) is 49.3 Å². The predicted octanol–water partition coefficient (Wildman–Crippen LogP) is 4.62. The quantitative estimate of drug-likeness (QED) is 0.202. The molecule has 1 fully saturated rings.